The first-order valence-corrected chi connectivity index (χ1v) is 9.01. The van der Waals surface area contributed by atoms with Crippen LogP contribution in [0.25, 0.3) is 5.69 Å². The summed E-state index contributed by atoms with van der Waals surface area (Å²) in [5.74, 6) is -0.155. The molecule has 2 unspecified atom stereocenters. The highest BCUT2D eigenvalue weighted by Crippen LogP contribution is 2.26. The molecule has 1 saturated carbocycles. The van der Waals surface area contributed by atoms with Crippen molar-refractivity contribution in [1.29, 1.82) is 0 Å². The number of para-hydroxylation sites is 1. The summed E-state index contributed by atoms with van der Waals surface area (Å²) in [6.45, 7) is 6.16. The summed E-state index contributed by atoms with van der Waals surface area (Å²) in [7, 11) is 0. The lowest BCUT2D eigenvalue weighted by molar-refractivity contribution is 0.0716. The van der Waals surface area contributed by atoms with E-state index < -0.39 is 6.10 Å². The number of aromatic nitrogens is 2. The van der Waals surface area contributed by atoms with Gasteiger partial charge in [0.05, 0.1) is 29.1 Å². The van der Waals surface area contributed by atoms with Crippen molar-refractivity contribution in [2.75, 3.05) is 0 Å². The van der Waals surface area contributed by atoms with Gasteiger partial charge in [0.25, 0.3) is 5.91 Å². The lowest BCUT2D eigenvalue weighted by atomic mass is 9.88. The Labute approximate surface area is 149 Å². The van der Waals surface area contributed by atoms with E-state index in [1.807, 2.05) is 30.3 Å². The van der Waals surface area contributed by atoms with Crippen molar-refractivity contribution in [2.45, 2.75) is 64.0 Å². The molecular weight excluding hydrogens is 314 g/mol. The van der Waals surface area contributed by atoms with Crippen LogP contribution in [0.1, 0.15) is 62.5 Å². The van der Waals surface area contributed by atoms with Gasteiger partial charge in [0, 0.05) is 11.6 Å². The zero-order chi connectivity index (χ0) is 18.0. The molecule has 5 heteroatoms. The van der Waals surface area contributed by atoms with Gasteiger partial charge < -0.3 is 10.4 Å². The van der Waals surface area contributed by atoms with Crippen molar-refractivity contribution in [3.05, 3.63) is 47.8 Å². The first kappa shape index (κ1) is 17.7. The molecule has 1 heterocycles. The second-order valence-corrected chi connectivity index (χ2v) is 7.85. The van der Waals surface area contributed by atoms with Crippen LogP contribution in [-0.2, 0) is 5.41 Å². The van der Waals surface area contributed by atoms with Gasteiger partial charge in [0.15, 0.2) is 0 Å². The van der Waals surface area contributed by atoms with E-state index in [-0.39, 0.29) is 17.4 Å². The molecule has 1 aliphatic carbocycles. The quantitative estimate of drug-likeness (QED) is 0.901. The molecule has 1 aromatic heterocycles. The zero-order valence-electron chi connectivity index (χ0n) is 15.2. The van der Waals surface area contributed by atoms with Crippen LogP contribution >= 0.6 is 0 Å². The van der Waals surface area contributed by atoms with Crippen molar-refractivity contribution in [3.8, 4) is 5.69 Å². The van der Waals surface area contributed by atoms with Gasteiger partial charge in [-0.15, -0.1) is 0 Å². The lowest BCUT2D eigenvalue weighted by Gasteiger charge is -2.28. The molecular formula is C20H27N3O2. The second kappa shape index (κ2) is 7.00. The van der Waals surface area contributed by atoms with E-state index in [0.717, 1.165) is 37.1 Å². The normalized spacial score (nSPS) is 21.1. The number of benzene rings is 1. The Kier molecular flexibility index (Phi) is 4.95. The Bertz CT molecular complexity index is 731. The Hall–Kier alpha value is -2.14. The first-order valence-electron chi connectivity index (χ1n) is 9.01. The van der Waals surface area contributed by atoms with Crippen molar-refractivity contribution < 1.29 is 9.90 Å². The summed E-state index contributed by atoms with van der Waals surface area (Å²) in [6, 6.07) is 9.61. The molecule has 0 aliphatic heterocycles. The van der Waals surface area contributed by atoms with Crippen molar-refractivity contribution in [1.82, 2.24) is 15.1 Å². The van der Waals surface area contributed by atoms with Gasteiger partial charge in [-0.3, -0.25) is 4.79 Å². The molecule has 0 radical (unpaired) electrons. The van der Waals surface area contributed by atoms with E-state index in [0.29, 0.717) is 5.56 Å². The molecule has 0 spiro atoms. The first-order chi connectivity index (χ1) is 11.9. The summed E-state index contributed by atoms with van der Waals surface area (Å²) in [4.78, 5) is 12.9. The van der Waals surface area contributed by atoms with Crippen LogP contribution in [0.5, 0.6) is 0 Å². The fraction of sp³-hybridized carbons (Fsp3) is 0.500. The molecule has 3 rings (SSSR count). The summed E-state index contributed by atoms with van der Waals surface area (Å²) >= 11 is 0. The van der Waals surface area contributed by atoms with Gasteiger partial charge in [-0.25, -0.2) is 4.68 Å². The van der Waals surface area contributed by atoms with Crippen LogP contribution < -0.4 is 5.32 Å². The smallest absolute Gasteiger partial charge is 0.255 e. The third-order valence-electron chi connectivity index (χ3n) is 4.74. The van der Waals surface area contributed by atoms with Crippen LogP contribution in [0.4, 0.5) is 0 Å². The van der Waals surface area contributed by atoms with Gasteiger partial charge in [-0.2, -0.15) is 5.10 Å². The van der Waals surface area contributed by atoms with E-state index in [4.69, 9.17) is 0 Å². The Balaban J connectivity index is 1.91. The van der Waals surface area contributed by atoms with E-state index in [2.05, 4.69) is 31.2 Å². The fourth-order valence-electron chi connectivity index (χ4n) is 3.33. The highest BCUT2D eigenvalue weighted by molar-refractivity contribution is 5.95. The predicted molar refractivity (Wildman–Crippen MR) is 98.0 cm³/mol. The fourth-order valence-corrected chi connectivity index (χ4v) is 3.33. The van der Waals surface area contributed by atoms with E-state index in [9.17, 15) is 9.90 Å². The van der Waals surface area contributed by atoms with Gasteiger partial charge >= 0.3 is 0 Å². The topological polar surface area (TPSA) is 67.2 Å². The number of carbonyl (C=O) groups is 1. The number of hydrogen-bond acceptors (Lipinski definition) is 3. The lowest BCUT2D eigenvalue weighted by Crippen LogP contribution is -2.45. The number of aliphatic hydroxyl groups excluding tert-OH is 1. The maximum atomic E-state index is 12.9. The van der Waals surface area contributed by atoms with Gasteiger partial charge in [-0.1, -0.05) is 51.8 Å². The van der Waals surface area contributed by atoms with Crippen LogP contribution in [0, 0.1) is 0 Å². The maximum Gasteiger partial charge on any atom is 0.255 e. The highest BCUT2D eigenvalue weighted by Gasteiger charge is 2.30. The molecule has 0 bridgehead atoms. The zero-order valence-corrected chi connectivity index (χ0v) is 15.2. The maximum absolute atomic E-state index is 12.9. The molecule has 2 N–H and O–H groups in total. The molecule has 5 nitrogen and oxygen atoms in total. The SMILES string of the molecule is CC(C)(C)c1nn(-c2ccccc2)cc1C(=O)NC1CCCCC1O. The molecule has 0 saturated heterocycles. The Morgan fingerprint density at radius 3 is 2.52 bits per heavy atom. The average Bonchev–Trinajstić information content (AvgIpc) is 3.04. The summed E-state index contributed by atoms with van der Waals surface area (Å²) in [5, 5.41) is 17.8. The van der Waals surface area contributed by atoms with Gasteiger partial charge in [-0.05, 0) is 25.0 Å². The third-order valence-corrected chi connectivity index (χ3v) is 4.74. The summed E-state index contributed by atoms with van der Waals surface area (Å²) < 4.78 is 1.76. The van der Waals surface area contributed by atoms with Crippen LogP contribution in [0.2, 0.25) is 0 Å². The number of aliphatic hydroxyl groups is 1. The molecule has 1 aliphatic rings. The molecule has 1 amide bonds. The minimum Gasteiger partial charge on any atom is -0.391 e. The molecule has 2 aromatic rings. The van der Waals surface area contributed by atoms with E-state index >= 15 is 0 Å². The Morgan fingerprint density at radius 1 is 1.20 bits per heavy atom. The third kappa shape index (κ3) is 3.93. The number of hydrogen-bond donors (Lipinski definition) is 2. The summed E-state index contributed by atoms with van der Waals surface area (Å²) in [5.41, 5.74) is 2.01. The predicted octanol–water partition coefficient (Wildman–Crippen LogP) is 3.20. The largest absolute Gasteiger partial charge is 0.391 e. The van der Waals surface area contributed by atoms with Crippen molar-refractivity contribution >= 4 is 5.91 Å². The monoisotopic (exact) mass is 341 g/mol. The number of rotatable bonds is 3. The highest BCUT2D eigenvalue weighted by atomic mass is 16.3. The number of nitrogens with one attached hydrogen (secondary N) is 1. The second-order valence-electron chi connectivity index (χ2n) is 7.85. The van der Waals surface area contributed by atoms with Crippen molar-refractivity contribution in [2.24, 2.45) is 0 Å². The average molecular weight is 341 g/mol. The van der Waals surface area contributed by atoms with Crippen molar-refractivity contribution in [3.63, 3.8) is 0 Å². The minimum absolute atomic E-state index is 0.155. The van der Waals surface area contributed by atoms with E-state index in [1.165, 1.54) is 0 Å². The number of amides is 1. The number of nitrogens with zero attached hydrogens (tertiary/aromatic N) is 2. The van der Waals surface area contributed by atoms with Gasteiger partial charge in [0.2, 0.25) is 0 Å². The van der Waals surface area contributed by atoms with E-state index in [1.54, 1.807) is 10.9 Å². The molecule has 25 heavy (non-hydrogen) atoms. The van der Waals surface area contributed by atoms with Crippen LogP contribution in [-0.4, -0.2) is 32.9 Å². The molecule has 1 fully saturated rings. The Morgan fingerprint density at radius 2 is 1.88 bits per heavy atom. The molecule has 1 aromatic carbocycles. The molecule has 134 valence electrons. The van der Waals surface area contributed by atoms with Crippen LogP contribution in [0.3, 0.4) is 0 Å². The standard InChI is InChI=1S/C20H27N3O2/c1-20(2,3)18-15(13-23(22-18)14-9-5-4-6-10-14)19(25)21-16-11-7-8-12-17(16)24/h4-6,9-10,13,16-17,24H,7-8,11-12H2,1-3H3,(H,21,25). The van der Waals surface area contributed by atoms with Gasteiger partial charge in [0.1, 0.15) is 0 Å². The molecule has 2 atom stereocenters. The number of carbonyl (C=O) groups excluding carboxylic acids is 1. The minimum atomic E-state index is -0.458. The van der Waals surface area contributed by atoms with Crippen LogP contribution in [0.15, 0.2) is 36.5 Å². The summed E-state index contributed by atoms with van der Waals surface area (Å²) in [6.07, 6.45) is 4.97.